The van der Waals surface area contributed by atoms with Crippen LogP contribution in [0.5, 0.6) is 5.75 Å². The standard InChI is InChI=1S/C21H28N4O9S/c1-2-33-21(32)16(25-34-13-6-4-3-5-7-13)12-35-11-15(19(29)23-10-18(27)28)24-17(26)9-8-14(22)20(30)31/h3-7,14-15H,2,8-12,22H2,1H3,(H,23,29)(H,24,26)(H,27,28)(H,30,31)/b25-16-. The molecular weight excluding hydrogens is 484 g/mol. The van der Waals surface area contributed by atoms with Crippen molar-refractivity contribution >= 4 is 47.2 Å². The molecule has 0 aliphatic rings. The molecule has 1 aromatic carbocycles. The van der Waals surface area contributed by atoms with Crippen LogP contribution in [0, 0.1) is 0 Å². The van der Waals surface area contributed by atoms with E-state index in [4.69, 9.17) is 25.5 Å². The van der Waals surface area contributed by atoms with E-state index in [9.17, 15) is 24.0 Å². The van der Waals surface area contributed by atoms with Gasteiger partial charge in [-0.25, -0.2) is 4.79 Å². The number of esters is 1. The molecule has 0 heterocycles. The number of carbonyl (C=O) groups is 5. The molecule has 0 saturated heterocycles. The monoisotopic (exact) mass is 512 g/mol. The molecule has 1 aromatic rings. The predicted octanol–water partition coefficient (Wildman–Crippen LogP) is -0.405. The van der Waals surface area contributed by atoms with E-state index in [1.807, 2.05) is 0 Å². The third-order valence-electron chi connectivity index (χ3n) is 4.10. The van der Waals surface area contributed by atoms with Crippen LogP contribution < -0.4 is 21.2 Å². The molecule has 6 N–H and O–H groups in total. The lowest BCUT2D eigenvalue weighted by atomic mass is 10.1. The highest BCUT2D eigenvalue weighted by Gasteiger charge is 2.24. The maximum absolute atomic E-state index is 12.4. The number of hydrogen-bond donors (Lipinski definition) is 5. The maximum Gasteiger partial charge on any atom is 0.356 e. The highest BCUT2D eigenvalue weighted by Crippen LogP contribution is 2.11. The quantitative estimate of drug-likeness (QED) is 0.109. The Hall–Kier alpha value is -3.65. The van der Waals surface area contributed by atoms with E-state index in [-0.39, 0.29) is 36.7 Å². The summed E-state index contributed by atoms with van der Waals surface area (Å²) in [6.45, 7) is 1.05. The fourth-order valence-electron chi connectivity index (χ4n) is 2.34. The van der Waals surface area contributed by atoms with Gasteiger partial charge in [-0.05, 0) is 25.5 Å². The van der Waals surface area contributed by atoms with E-state index >= 15 is 0 Å². The Balaban J connectivity index is 2.81. The van der Waals surface area contributed by atoms with Crippen molar-refractivity contribution < 1.29 is 43.8 Å². The molecular formula is C21H28N4O9S. The molecule has 2 atom stereocenters. The van der Waals surface area contributed by atoms with Crippen molar-refractivity contribution in [2.24, 2.45) is 10.9 Å². The summed E-state index contributed by atoms with van der Waals surface area (Å²) in [6, 6.07) is 6.06. The summed E-state index contributed by atoms with van der Waals surface area (Å²) in [5, 5.41) is 26.0. The Bertz CT molecular complexity index is 911. The molecule has 2 amide bonds. The van der Waals surface area contributed by atoms with E-state index in [1.165, 1.54) is 0 Å². The van der Waals surface area contributed by atoms with Gasteiger partial charge in [0.2, 0.25) is 11.8 Å². The normalized spacial score (nSPS) is 12.7. The van der Waals surface area contributed by atoms with Crippen LogP contribution in [0.2, 0.25) is 0 Å². The molecule has 0 aliphatic heterocycles. The zero-order valence-electron chi connectivity index (χ0n) is 19.0. The Labute approximate surface area is 205 Å². The molecule has 0 bridgehead atoms. The number of para-hydroxylation sites is 1. The number of nitrogens with two attached hydrogens (primary N) is 1. The van der Waals surface area contributed by atoms with E-state index in [2.05, 4.69) is 15.8 Å². The van der Waals surface area contributed by atoms with Crippen LogP contribution in [-0.2, 0) is 28.7 Å². The number of ether oxygens (including phenoxy) is 1. The van der Waals surface area contributed by atoms with Crippen molar-refractivity contribution in [3.8, 4) is 5.75 Å². The Morgan fingerprint density at radius 3 is 2.43 bits per heavy atom. The van der Waals surface area contributed by atoms with Crippen LogP contribution in [0.25, 0.3) is 0 Å². The van der Waals surface area contributed by atoms with Gasteiger partial charge in [0.1, 0.15) is 18.6 Å². The zero-order chi connectivity index (χ0) is 26.2. The van der Waals surface area contributed by atoms with Gasteiger partial charge >= 0.3 is 17.9 Å². The van der Waals surface area contributed by atoms with Crippen molar-refractivity contribution in [1.29, 1.82) is 0 Å². The van der Waals surface area contributed by atoms with Crippen LogP contribution in [0.4, 0.5) is 0 Å². The van der Waals surface area contributed by atoms with E-state index in [0.717, 1.165) is 11.8 Å². The minimum atomic E-state index is -1.28. The number of thioether (sulfide) groups is 1. The minimum Gasteiger partial charge on any atom is -0.480 e. The van der Waals surface area contributed by atoms with Gasteiger partial charge in [0, 0.05) is 17.9 Å². The highest BCUT2D eigenvalue weighted by molar-refractivity contribution is 8.00. The molecule has 0 radical (unpaired) electrons. The molecule has 0 aliphatic carbocycles. The molecule has 0 aromatic heterocycles. The number of aliphatic carboxylic acids is 2. The highest BCUT2D eigenvalue weighted by atomic mass is 32.2. The lowest BCUT2D eigenvalue weighted by molar-refractivity contribution is -0.139. The van der Waals surface area contributed by atoms with Crippen LogP contribution in [0.1, 0.15) is 19.8 Å². The largest absolute Gasteiger partial charge is 0.480 e. The van der Waals surface area contributed by atoms with E-state index in [1.54, 1.807) is 37.3 Å². The van der Waals surface area contributed by atoms with Gasteiger partial charge in [-0.3, -0.25) is 19.2 Å². The van der Waals surface area contributed by atoms with E-state index < -0.39 is 48.4 Å². The summed E-state index contributed by atoms with van der Waals surface area (Å²) in [6.07, 6.45) is -0.421. The Morgan fingerprint density at radius 1 is 1.14 bits per heavy atom. The number of rotatable bonds is 16. The van der Waals surface area contributed by atoms with Gasteiger partial charge in [0.15, 0.2) is 11.5 Å². The third-order valence-corrected chi connectivity index (χ3v) is 5.15. The maximum atomic E-state index is 12.4. The molecule has 14 heteroatoms. The number of carboxylic acids is 2. The van der Waals surface area contributed by atoms with Gasteiger partial charge in [0.25, 0.3) is 0 Å². The fraction of sp³-hybridized carbons (Fsp3) is 0.429. The number of nitrogens with zero attached hydrogens (tertiary/aromatic N) is 1. The smallest absolute Gasteiger partial charge is 0.356 e. The summed E-state index contributed by atoms with van der Waals surface area (Å²) in [5.41, 5.74) is 5.30. The number of nitrogens with one attached hydrogen (secondary N) is 2. The van der Waals surface area contributed by atoms with Gasteiger partial charge in [-0.15, -0.1) is 0 Å². The number of carbonyl (C=O) groups excluding carboxylic acids is 3. The number of amides is 2. The van der Waals surface area contributed by atoms with Crippen LogP contribution >= 0.6 is 11.8 Å². The molecule has 2 unspecified atom stereocenters. The first-order valence-electron chi connectivity index (χ1n) is 10.4. The Kier molecular flexibility index (Phi) is 13.5. The number of carboxylic acid groups (broad SMARTS) is 2. The second kappa shape index (κ2) is 16.1. The van der Waals surface area contributed by atoms with Crippen LogP contribution in [0.3, 0.4) is 0 Å². The van der Waals surface area contributed by atoms with Crippen molar-refractivity contribution in [2.45, 2.75) is 31.8 Å². The second-order valence-electron chi connectivity index (χ2n) is 6.89. The van der Waals surface area contributed by atoms with Crippen molar-refractivity contribution in [3.05, 3.63) is 30.3 Å². The van der Waals surface area contributed by atoms with E-state index in [0.29, 0.717) is 5.75 Å². The minimum absolute atomic E-state index is 0.0475. The van der Waals surface area contributed by atoms with Crippen molar-refractivity contribution in [2.75, 3.05) is 24.7 Å². The van der Waals surface area contributed by atoms with Crippen LogP contribution in [0.15, 0.2) is 35.5 Å². The number of benzene rings is 1. The third kappa shape index (κ3) is 12.4. The topological polar surface area (TPSA) is 207 Å². The fourth-order valence-corrected chi connectivity index (χ4v) is 3.30. The van der Waals surface area contributed by atoms with Gasteiger partial charge in [0.05, 0.1) is 6.61 Å². The van der Waals surface area contributed by atoms with Crippen molar-refractivity contribution in [3.63, 3.8) is 0 Å². The summed E-state index contributed by atoms with van der Waals surface area (Å²) in [5.74, 6) is -4.42. The molecule has 0 fully saturated rings. The first-order valence-corrected chi connectivity index (χ1v) is 11.6. The summed E-state index contributed by atoms with van der Waals surface area (Å²) in [4.78, 5) is 63.6. The predicted molar refractivity (Wildman–Crippen MR) is 126 cm³/mol. The average Bonchev–Trinajstić information content (AvgIpc) is 2.82. The van der Waals surface area contributed by atoms with Crippen molar-refractivity contribution in [1.82, 2.24) is 10.6 Å². The lowest BCUT2D eigenvalue weighted by Gasteiger charge is -2.18. The number of oxime groups is 1. The molecule has 0 spiro atoms. The summed E-state index contributed by atoms with van der Waals surface area (Å²) >= 11 is 1.04. The molecule has 1 rings (SSSR count). The van der Waals surface area contributed by atoms with Crippen LogP contribution in [-0.4, -0.2) is 82.4 Å². The average molecular weight is 513 g/mol. The van der Waals surface area contributed by atoms with Gasteiger partial charge in [-0.2, -0.15) is 11.8 Å². The zero-order valence-corrected chi connectivity index (χ0v) is 19.8. The molecule has 35 heavy (non-hydrogen) atoms. The van der Waals surface area contributed by atoms with Gasteiger partial charge < -0.3 is 36.2 Å². The first kappa shape index (κ1) is 29.4. The summed E-state index contributed by atoms with van der Waals surface area (Å²) < 4.78 is 4.96. The molecule has 13 nitrogen and oxygen atoms in total. The lowest BCUT2D eigenvalue weighted by Crippen LogP contribution is -2.49. The molecule has 0 saturated carbocycles. The first-order chi connectivity index (χ1) is 16.6. The second-order valence-corrected chi connectivity index (χ2v) is 7.92. The Morgan fingerprint density at radius 2 is 1.83 bits per heavy atom. The SMILES string of the molecule is CCOC(=O)/C(CSCC(NC(=O)CCC(N)C(=O)O)C(=O)NCC(=O)O)=N\Oc1ccccc1. The molecule has 192 valence electrons. The summed E-state index contributed by atoms with van der Waals surface area (Å²) in [7, 11) is 0. The number of hydrogen-bond acceptors (Lipinski definition) is 10. The van der Waals surface area contributed by atoms with Gasteiger partial charge in [-0.1, -0.05) is 23.4 Å².